The topological polar surface area (TPSA) is 81.7 Å². The second kappa shape index (κ2) is 8.21. The summed E-state index contributed by atoms with van der Waals surface area (Å²) in [4.78, 5) is 25.0. The maximum atomic E-state index is 13.9. The van der Waals surface area contributed by atoms with Crippen LogP contribution < -0.4 is 10.6 Å². The molecule has 2 aliphatic carbocycles. The largest absolute Gasteiger partial charge is 0.480 e. The standard InChI is InChI=1S/C19H25F2N3O3/c1-2-24(10-18(25)26)13-8-12(9-13)22-19(27)23-17-5-3-4-14-15(17)6-11(20)7-16(14)21/h6-7,12-13,17H,2-5,8-10H2,1H3,(H,25,26)(H2,22,23,27)/t12?,13?,17-/m1/s1. The van der Waals surface area contributed by atoms with Gasteiger partial charge in [0.25, 0.3) is 0 Å². The molecule has 8 heteroatoms. The van der Waals surface area contributed by atoms with Crippen molar-refractivity contribution in [3.63, 3.8) is 0 Å². The summed E-state index contributed by atoms with van der Waals surface area (Å²) in [5.74, 6) is -2.06. The van der Waals surface area contributed by atoms with Crippen molar-refractivity contribution in [1.82, 2.24) is 15.5 Å². The summed E-state index contributed by atoms with van der Waals surface area (Å²) in [6.07, 6.45) is 3.30. The minimum atomic E-state index is -0.860. The summed E-state index contributed by atoms with van der Waals surface area (Å²) >= 11 is 0. The van der Waals surface area contributed by atoms with Gasteiger partial charge in [0.05, 0.1) is 12.6 Å². The second-order valence-corrected chi connectivity index (χ2v) is 7.30. The van der Waals surface area contributed by atoms with Crippen molar-refractivity contribution in [3.05, 3.63) is 34.9 Å². The van der Waals surface area contributed by atoms with Crippen molar-refractivity contribution in [2.24, 2.45) is 0 Å². The van der Waals surface area contributed by atoms with Gasteiger partial charge in [-0.15, -0.1) is 0 Å². The molecule has 2 amide bonds. The average Bonchev–Trinajstić information content (AvgIpc) is 2.56. The van der Waals surface area contributed by atoms with E-state index in [0.717, 1.165) is 12.5 Å². The molecule has 0 radical (unpaired) electrons. The Kier molecular flexibility index (Phi) is 5.94. The van der Waals surface area contributed by atoms with Crippen molar-refractivity contribution in [2.75, 3.05) is 13.1 Å². The number of fused-ring (bicyclic) bond motifs is 1. The summed E-state index contributed by atoms with van der Waals surface area (Å²) in [5.41, 5.74) is 0.989. The Balaban J connectivity index is 1.53. The zero-order valence-corrected chi connectivity index (χ0v) is 15.3. The molecule has 2 aliphatic rings. The van der Waals surface area contributed by atoms with Gasteiger partial charge in [-0.1, -0.05) is 6.92 Å². The van der Waals surface area contributed by atoms with Gasteiger partial charge in [0, 0.05) is 18.2 Å². The highest BCUT2D eigenvalue weighted by Gasteiger charge is 2.35. The molecular formula is C19H25F2N3O3. The van der Waals surface area contributed by atoms with Crippen LogP contribution in [0.5, 0.6) is 0 Å². The molecule has 0 heterocycles. The van der Waals surface area contributed by atoms with Crippen LogP contribution in [-0.2, 0) is 11.2 Å². The van der Waals surface area contributed by atoms with E-state index in [1.807, 2.05) is 11.8 Å². The Hall–Kier alpha value is -2.22. The molecule has 6 nitrogen and oxygen atoms in total. The molecule has 0 aromatic heterocycles. The van der Waals surface area contributed by atoms with Crippen LogP contribution in [0.25, 0.3) is 0 Å². The minimum Gasteiger partial charge on any atom is -0.480 e. The van der Waals surface area contributed by atoms with Gasteiger partial charge in [0.1, 0.15) is 11.6 Å². The van der Waals surface area contributed by atoms with Crippen molar-refractivity contribution >= 4 is 12.0 Å². The Morgan fingerprint density at radius 3 is 2.67 bits per heavy atom. The molecule has 3 rings (SSSR count). The van der Waals surface area contributed by atoms with Crippen LogP contribution in [0, 0.1) is 11.6 Å². The van der Waals surface area contributed by atoms with Crippen LogP contribution in [0.1, 0.15) is 49.8 Å². The first-order valence-electron chi connectivity index (χ1n) is 9.38. The molecule has 1 aromatic carbocycles. The second-order valence-electron chi connectivity index (χ2n) is 7.30. The maximum absolute atomic E-state index is 13.9. The van der Waals surface area contributed by atoms with E-state index < -0.39 is 23.6 Å². The number of carboxylic acid groups (broad SMARTS) is 1. The lowest BCUT2D eigenvalue weighted by atomic mass is 9.85. The number of rotatable bonds is 6. The monoisotopic (exact) mass is 381 g/mol. The zero-order chi connectivity index (χ0) is 19.6. The number of hydrogen-bond donors (Lipinski definition) is 3. The van der Waals surface area contributed by atoms with Crippen LogP contribution in [0.4, 0.5) is 13.6 Å². The molecular weight excluding hydrogens is 356 g/mol. The van der Waals surface area contributed by atoms with E-state index >= 15 is 0 Å². The smallest absolute Gasteiger partial charge is 0.317 e. The van der Waals surface area contributed by atoms with E-state index in [2.05, 4.69) is 10.6 Å². The lowest BCUT2D eigenvalue weighted by Crippen LogP contribution is -2.56. The number of amides is 2. The van der Waals surface area contributed by atoms with Gasteiger partial charge in [-0.25, -0.2) is 13.6 Å². The van der Waals surface area contributed by atoms with Gasteiger partial charge in [0.15, 0.2) is 0 Å². The van der Waals surface area contributed by atoms with Gasteiger partial charge in [-0.3, -0.25) is 9.69 Å². The molecule has 0 unspecified atom stereocenters. The quantitative estimate of drug-likeness (QED) is 0.707. The molecule has 0 bridgehead atoms. The van der Waals surface area contributed by atoms with Gasteiger partial charge in [0.2, 0.25) is 0 Å². The molecule has 0 aliphatic heterocycles. The third-order valence-corrected chi connectivity index (χ3v) is 5.50. The number of carbonyl (C=O) groups excluding carboxylic acids is 1. The molecule has 0 spiro atoms. The predicted octanol–water partition coefficient (Wildman–Crippen LogP) is 2.58. The molecule has 3 N–H and O–H groups in total. The normalized spacial score (nSPS) is 24.1. The van der Waals surface area contributed by atoms with Gasteiger partial charge in [-0.2, -0.15) is 0 Å². The van der Waals surface area contributed by atoms with E-state index in [-0.39, 0.29) is 24.7 Å². The number of aliphatic carboxylic acids is 1. The van der Waals surface area contributed by atoms with Crippen LogP contribution in [0.15, 0.2) is 12.1 Å². The predicted molar refractivity (Wildman–Crippen MR) is 95.4 cm³/mol. The molecule has 1 aromatic rings. The highest BCUT2D eigenvalue weighted by molar-refractivity contribution is 5.75. The number of benzene rings is 1. The Morgan fingerprint density at radius 2 is 2.00 bits per heavy atom. The summed E-state index contributed by atoms with van der Waals surface area (Å²) in [6.45, 7) is 2.55. The Labute approximate surface area is 156 Å². The lowest BCUT2D eigenvalue weighted by Gasteiger charge is -2.42. The lowest BCUT2D eigenvalue weighted by molar-refractivity contribution is -0.139. The minimum absolute atomic E-state index is 0.00390. The third kappa shape index (κ3) is 4.55. The van der Waals surface area contributed by atoms with Gasteiger partial charge in [-0.05, 0) is 55.8 Å². The summed E-state index contributed by atoms with van der Waals surface area (Å²) in [7, 11) is 0. The number of likely N-dealkylation sites (N-methyl/N-ethyl adjacent to an activating group) is 1. The first kappa shape index (κ1) is 19.5. The van der Waals surface area contributed by atoms with E-state index in [1.165, 1.54) is 6.07 Å². The molecule has 1 atom stereocenters. The summed E-state index contributed by atoms with van der Waals surface area (Å²) in [6, 6.07) is 1.54. The van der Waals surface area contributed by atoms with Gasteiger partial charge < -0.3 is 15.7 Å². The number of carboxylic acids is 1. The van der Waals surface area contributed by atoms with E-state index in [4.69, 9.17) is 5.11 Å². The molecule has 1 fully saturated rings. The number of carbonyl (C=O) groups is 2. The fraction of sp³-hybridized carbons (Fsp3) is 0.579. The number of urea groups is 1. The van der Waals surface area contributed by atoms with E-state index in [1.54, 1.807) is 0 Å². The van der Waals surface area contributed by atoms with Crippen molar-refractivity contribution in [3.8, 4) is 0 Å². The van der Waals surface area contributed by atoms with Crippen molar-refractivity contribution in [2.45, 2.75) is 57.2 Å². The SMILES string of the molecule is CCN(CC(=O)O)C1CC(NC(=O)N[C@@H]2CCCc3c(F)cc(F)cc32)C1. The summed E-state index contributed by atoms with van der Waals surface area (Å²) in [5, 5.41) is 14.6. The van der Waals surface area contributed by atoms with Crippen LogP contribution in [0.2, 0.25) is 0 Å². The van der Waals surface area contributed by atoms with E-state index in [9.17, 15) is 18.4 Å². The number of halogens is 2. The molecule has 27 heavy (non-hydrogen) atoms. The van der Waals surface area contributed by atoms with Crippen LogP contribution >= 0.6 is 0 Å². The van der Waals surface area contributed by atoms with E-state index in [0.29, 0.717) is 43.4 Å². The molecule has 148 valence electrons. The number of nitrogens with one attached hydrogen (secondary N) is 2. The fourth-order valence-corrected chi connectivity index (χ4v) is 4.05. The van der Waals surface area contributed by atoms with Crippen LogP contribution in [0.3, 0.4) is 0 Å². The first-order valence-corrected chi connectivity index (χ1v) is 9.38. The number of nitrogens with zero attached hydrogens (tertiary/aromatic N) is 1. The highest BCUT2D eigenvalue weighted by Crippen LogP contribution is 2.32. The highest BCUT2D eigenvalue weighted by atomic mass is 19.1. The Bertz CT molecular complexity index is 722. The maximum Gasteiger partial charge on any atom is 0.317 e. The summed E-state index contributed by atoms with van der Waals surface area (Å²) < 4.78 is 27.5. The first-order chi connectivity index (χ1) is 12.9. The molecule has 1 saturated carbocycles. The average molecular weight is 381 g/mol. The Morgan fingerprint density at radius 1 is 1.26 bits per heavy atom. The van der Waals surface area contributed by atoms with Crippen molar-refractivity contribution in [1.29, 1.82) is 0 Å². The van der Waals surface area contributed by atoms with Crippen LogP contribution in [-0.4, -0.2) is 47.2 Å². The van der Waals surface area contributed by atoms with Crippen molar-refractivity contribution < 1.29 is 23.5 Å². The molecule has 0 saturated heterocycles. The van der Waals surface area contributed by atoms with Gasteiger partial charge >= 0.3 is 12.0 Å². The fourth-order valence-electron chi connectivity index (χ4n) is 4.05. The zero-order valence-electron chi connectivity index (χ0n) is 15.3. The number of hydrogen-bond acceptors (Lipinski definition) is 3. The third-order valence-electron chi connectivity index (χ3n) is 5.50.